The molecule has 22 heavy (non-hydrogen) atoms. The Morgan fingerprint density at radius 2 is 2.09 bits per heavy atom. The van der Waals surface area contributed by atoms with E-state index in [-0.39, 0.29) is 12.1 Å². The average molecular weight is 312 g/mol. The van der Waals surface area contributed by atoms with Gasteiger partial charge in [-0.25, -0.2) is 13.6 Å². The molecule has 2 N–H and O–H groups in total. The number of urea groups is 1. The van der Waals surface area contributed by atoms with E-state index < -0.39 is 35.1 Å². The molecule has 0 spiro atoms. The van der Waals surface area contributed by atoms with Crippen LogP contribution in [0.25, 0.3) is 0 Å². The number of halogens is 2. The van der Waals surface area contributed by atoms with Gasteiger partial charge in [0.1, 0.15) is 0 Å². The van der Waals surface area contributed by atoms with Gasteiger partial charge in [-0.3, -0.25) is 4.79 Å². The summed E-state index contributed by atoms with van der Waals surface area (Å²) >= 11 is 0. The molecule has 1 fully saturated rings. The molecule has 2 rings (SSSR count). The van der Waals surface area contributed by atoms with Crippen molar-refractivity contribution in [3.63, 3.8) is 0 Å². The van der Waals surface area contributed by atoms with Crippen LogP contribution in [0.4, 0.5) is 13.6 Å². The summed E-state index contributed by atoms with van der Waals surface area (Å²) in [4.78, 5) is 24.7. The Morgan fingerprint density at radius 3 is 2.68 bits per heavy atom. The third kappa shape index (κ3) is 3.03. The number of nitrogens with zero attached hydrogens (tertiary/aromatic N) is 1. The van der Waals surface area contributed by atoms with E-state index in [9.17, 15) is 18.4 Å². The number of amides is 2. The lowest BCUT2D eigenvalue weighted by Crippen LogP contribution is -2.42. The van der Waals surface area contributed by atoms with Crippen LogP contribution >= 0.6 is 0 Å². The molecule has 1 aromatic carbocycles. The Bertz CT molecular complexity index is 608. The van der Waals surface area contributed by atoms with E-state index >= 15 is 0 Å². The summed E-state index contributed by atoms with van der Waals surface area (Å²) in [5.41, 5.74) is -0.918. The molecule has 120 valence electrons. The molecule has 2 unspecified atom stereocenters. The topological polar surface area (TPSA) is 69.6 Å². The molecule has 0 aromatic heterocycles. The Labute approximate surface area is 126 Å². The number of benzene rings is 1. The molecular formula is C15H18F2N2O3. The predicted molar refractivity (Wildman–Crippen MR) is 75.2 cm³/mol. The molecule has 0 aliphatic carbocycles. The van der Waals surface area contributed by atoms with Crippen molar-refractivity contribution in [2.24, 2.45) is 5.41 Å². The van der Waals surface area contributed by atoms with E-state index in [1.165, 1.54) is 17.0 Å². The van der Waals surface area contributed by atoms with E-state index in [1.807, 2.05) is 0 Å². The normalized spacial score (nSPS) is 22.5. The molecule has 1 aliphatic heterocycles. The van der Waals surface area contributed by atoms with Crippen LogP contribution in [0.2, 0.25) is 0 Å². The molecule has 0 saturated carbocycles. The number of carbonyl (C=O) groups excluding carboxylic acids is 1. The fraction of sp³-hybridized carbons (Fsp3) is 0.467. The van der Waals surface area contributed by atoms with E-state index in [0.717, 1.165) is 6.07 Å². The van der Waals surface area contributed by atoms with Gasteiger partial charge in [0.05, 0.1) is 11.5 Å². The molecule has 7 heteroatoms. The number of nitrogens with one attached hydrogen (secondary N) is 1. The number of rotatable bonds is 3. The summed E-state index contributed by atoms with van der Waals surface area (Å²) in [5, 5.41) is 11.7. The fourth-order valence-corrected chi connectivity index (χ4v) is 2.52. The van der Waals surface area contributed by atoms with Crippen LogP contribution in [-0.4, -0.2) is 35.1 Å². The molecule has 1 aromatic rings. The van der Waals surface area contributed by atoms with Crippen LogP contribution in [0, 0.1) is 17.0 Å². The first kappa shape index (κ1) is 16.2. The maximum Gasteiger partial charge on any atom is 0.317 e. The Kier molecular flexibility index (Phi) is 4.35. The number of hydrogen-bond donors (Lipinski definition) is 2. The van der Waals surface area contributed by atoms with Crippen LogP contribution in [0.5, 0.6) is 0 Å². The standard InChI is InChI=1S/C15H18F2N2O3/c1-9(10-4-3-5-11(16)12(10)17)18-14(22)19-7-6-15(2,8-19)13(20)21/h3-5,9H,6-8H2,1-2H3,(H,18,22)(H,20,21). The predicted octanol–water partition coefficient (Wildman–Crippen LogP) is 2.53. The lowest BCUT2D eigenvalue weighted by molar-refractivity contribution is -0.147. The summed E-state index contributed by atoms with van der Waals surface area (Å²) in [7, 11) is 0. The smallest absolute Gasteiger partial charge is 0.317 e. The van der Waals surface area contributed by atoms with E-state index in [1.54, 1.807) is 13.8 Å². The van der Waals surface area contributed by atoms with Crippen LogP contribution in [0.3, 0.4) is 0 Å². The van der Waals surface area contributed by atoms with Crippen molar-refractivity contribution < 1.29 is 23.5 Å². The average Bonchev–Trinajstić information content (AvgIpc) is 2.86. The number of aliphatic carboxylic acids is 1. The van der Waals surface area contributed by atoms with Gasteiger partial charge in [-0.05, 0) is 26.3 Å². The van der Waals surface area contributed by atoms with Crippen LogP contribution in [0.1, 0.15) is 31.9 Å². The summed E-state index contributed by atoms with van der Waals surface area (Å²) in [6.45, 7) is 3.53. The Morgan fingerprint density at radius 1 is 1.41 bits per heavy atom. The van der Waals surface area contributed by atoms with Gasteiger partial charge in [0.25, 0.3) is 0 Å². The minimum atomic E-state index is -0.993. The maximum atomic E-state index is 13.7. The summed E-state index contributed by atoms with van der Waals surface area (Å²) in [5.74, 6) is -2.92. The van der Waals surface area contributed by atoms with E-state index in [2.05, 4.69) is 5.32 Å². The van der Waals surface area contributed by atoms with Crippen LogP contribution in [-0.2, 0) is 4.79 Å². The number of carboxylic acid groups (broad SMARTS) is 1. The van der Waals surface area contributed by atoms with Gasteiger partial charge in [-0.2, -0.15) is 0 Å². The Balaban J connectivity index is 2.04. The summed E-state index contributed by atoms with van der Waals surface area (Å²) in [6, 6.07) is 2.57. The third-order valence-electron chi connectivity index (χ3n) is 4.06. The van der Waals surface area contributed by atoms with Crippen molar-refractivity contribution in [2.75, 3.05) is 13.1 Å². The molecule has 1 heterocycles. The van der Waals surface area contributed by atoms with Gasteiger partial charge in [0, 0.05) is 18.7 Å². The molecule has 5 nitrogen and oxygen atoms in total. The molecule has 1 saturated heterocycles. The number of likely N-dealkylation sites (tertiary alicyclic amines) is 1. The van der Waals surface area contributed by atoms with Gasteiger partial charge in [0.15, 0.2) is 11.6 Å². The highest BCUT2D eigenvalue weighted by molar-refractivity contribution is 5.79. The van der Waals surface area contributed by atoms with Crippen molar-refractivity contribution in [1.29, 1.82) is 0 Å². The van der Waals surface area contributed by atoms with Crippen molar-refractivity contribution in [1.82, 2.24) is 10.2 Å². The second kappa shape index (κ2) is 5.90. The highest BCUT2D eigenvalue weighted by atomic mass is 19.2. The van der Waals surface area contributed by atoms with Crippen molar-refractivity contribution in [3.05, 3.63) is 35.4 Å². The van der Waals surface area contributed by atoms with Crippen LogP contribution < -0.4 is 5.32 Å². The number of carboxylic acids is 1. The highest BCUT2D eigenvalue weighted by Crippen LogP contribution is 2.30. The molecule has 1 aliphatic rings. The Hall–Kier alpha value is -2.18. The van der Waals surface area contributed by atoms with Gasteiger partial charge in [0.2, 0.25) is 0 Å². The van der Waals surface area contributed by atoms with Crippen molar-refractivity contribution in [3.8, 4) is 0 Å². The van der Waals surface area contributed by atoms with Crippen molar-refractivity contribution >= 4 is 12.0 Å². The zero-order valence-corrected chi connectivity index (χ0v) is 12.4. The third-order valence-corrected chi connectivity index (χ3v) is 4.06. The number of hydrogen-bond acceptors (Lipinski definition) is 2. The van der Waals surface area contributed by atoms with E-state index in [0.29, 0.717) is 13.0 Å². The lowest BCUT2D eigenvalue weighted by Gasteiger charge is -2.23. The molecule has 0 radical (unpaired) electrons. The van der Waals surface area contributed by atoms with Crippen molar-refractivity contribution in [2.45, 2.75) is 26.3 Å². The monoisotopic (exact) mass is 312 g/mol. The zero-order chi connectivity index (χ0) is 16.5. The molecule has 2 amide bonds. The highest BCUT2D eigenvalue weighted by Gasteiger charge is 2.42. The summed E-state index contributed by atoms with van der Waals surface area (Å²) in [6.07, 6.45) is 0.360. The second-order valence-electron chi connectivity index (χ2n) is 5.85. The van der Waals surface area contributed by atoms with E-state index in [4.69, 9.17) is 5.11 Å². The van der Waals surface area contributed by atoms with Gasteiger partial charge in [-0.1, -0.05) is 12.1 Å². The fourth-order valence-electron chi connectivity index (χ4n) is 2.52. The van der Waals surface area contributed by atoms with Gasteiger partial charge < -0.3 is 15.3 Å². The minimum Gasteiger partial charge on any atom is -0.481 e. The van der Waals surface area contributed by atoms with Gasteiger partial charge >= 0.3 is 12.0 Å². The van der Waals surface area contributed by atoms with Crippen LogP contribution in [0.15, 0.2) is 18.2 Å². The van der Waals surface area contributed by atoms with Gasteiger partial charge in [-0.15, -0.1) is 0 Å². The lowest BCUT2D eigenvalue weighted by atomic mass is 9.90. The number of carbonyl (C=O) groups is 2. The quantitative estimate of drug-likeness (QED) is 0.901. The minimum absolute atomic E-state index is 0.0496. The first-order valence-electron chi connectivity index (χ1n) is 6.97. The molecular weight excluding hydrogens is 294 g/mol. The maximum absolute atomic E-state index is 13.7. The first-order chi connectivity index (χ1) is 10.2. The summed E-state index contributed by atoms with van der Waals surface area (Å²) < 4.78 is 26.9. The second-order valence-corrected chi connectivity index (χ2v) is 5.85. The molecule has 0 bridgehead atoms. The zero-order valence-electron chi connectivity index (χ0n) is 12.4. The first-order valence-corrected chi connectivity index (χ1v) is 6.97. The SMILES string of the molecule is CC(NC(=O)N1CCC(C)(C(=O)O)C1)c1cccc(F)c1F. The molecule has 2 atom stereocenters. The largest absolute Gasteiger partial charge is 0.481 e.